The first-order chi connectivity index (χ1) is 9.72. The summed E-state index contributed by atoms with van der Waals surface area (Å²) < 4.78 is 0. The van der Waals surface area contributed by atoms with Gasteiger partial charge in [0.05, 0.1) is 18.2 Å². The van der Waals surface area contributed by atoms with Crippen LogP contribution < -0.4 is 11.1 Å². The third-order valence-electron chi connectivity index (χ3n) is 3.48. The smallest absolute Gasteiger partial charge is 0.226 e. The van der Waals surface area contributed by atoms with E-state index in [-0.39, 0.29) is 11.9 Å². The molecule has 1 amide bonds. The maximum Gasteiger partial charge on any atom is 0.226 e. The van der Waals surface area contributed by atoms with E-state index in [0.29, 0.717) is 17.5 Å². The van der Waals surface area contributed by atoms with Crippen molar-refractivity contribution in [2.45, 2.75) is 25.3 Å². The van der Waals surface area contributed by atoms with Crippen molar-refractivity contribution in [2.24, 2.45) is 5.92 Å². The summed E-state index contributed by atoms with van der Waals surface area (Å²) in [6.45, 7) is 0. The Morgan fingerprint density at radius 2 is 2.15 bits per heavy atom. The topological polar surface area (TPSA) is 68.0 Å². The molecule has 0 bridgehead atoms. The van der Waals surface area contributed by atoms with E-state index in [9.17, 15) is 4.79 Å². The Balaban J connectivity index is 1.66. The van der Waals surface area contributed by atoms with E-state index < -0.39 is 0 Å². The van der Waals surface area contributed by atoms with Gasteiger partial charge in [-0.1, -0.05) is 30.3 Å². The number of hydrogen-bond acceptors (Lipinski definition) is 4. The Kier molecular flexibility index (Phi) is 3.69. The number of carbonyl (C=O) groups is 1. The first kappa shape index (κ1) is 13.1. The van der Waals surface area contributed by atoms with Crippen LogP contribution in [0.1, 0.15) is 30.1 Å². The van der Waals surface area contributed by atoms with Gasteiger partial charge in [0.1, 0.15) is 0 Å². The van der Waals surface area contributed by atoms with Crippen LogP contribution in [0.2, 0.25) is 0 Å². The molecular weight excluding hydrogens is 270 g/mol. The molecule has 1 saturated carbocycles. The van der Waals surface area contributed by atoms with Gasteiger partial charge in [0.25, 0.3) is 0 Å². The summed E-state index contributed by atoms with van der Waals surface area (Å²) in [6.07, 6.45) is 2.66. The van der Waals surface area contributed by atoms with Crippen LogP contribution in [0.5, 0.6) is 0 Å². The van der Waals surface area contributed by atoms with Crippen LogP contribution in [0.25, 0.3) is 0 Å². The number of aromatic nitrogens is 1. The molecule has 1 aliphatic carbocycles. The minimum atomic E-state index is 0.0102. The number of nitrogens with two attached hydrogens (primary N) is 1. The normalized spacial score (nSPS) is 15.8. The maximum absolute atomic E-state index is 12.2. The van der Waals surface area contributed by atoms with Crippen molar-refractivity contribution in [3.8, 4) is 0 Å². The van der Waals surface area contributed by atoms with Crippen molar-refractivity contribution < 1.29 is 4.79 Å². The zero-order valence-corrected chi connectivity index (χ0v) is 11.9. The van der Waals surface area contributed by atoms with Gasteiger partial charge in [-0.05, 0) is 24.3 Å². The monoisotopic (exact) mass is 287 g/mol. The number of nitrogen functional groups attached to an aromatic ring is 1. The number of nitrogens with zero attached hydrogens (tertiary/aromatic N) is 1. The lowest BCUT2D eigenvalue weighted by Crippen LogP contribution is -2.31. The van der Waals surface area contributed by atoms with Crippen molar-refractivity contribution in [3.05, 3.63) is 47.0 Å². The Morgan fingerprint density at radius 1 is 1.40 bits per heavy atom. The van der Waals surface area contributed by atoms with Gasteiger partial charge in [-0.2, -0.15) is 0 Å². The molecule has 20 heavy (non-hydrogen) atoms. The second kappa shape index (κ2) is 5.63. The maximum atomic E-state index is 12.2. The fourth-order valence-electron chi connectivity index (χ4n) is 2.36. The molecule has 3 N–H and O–H groups in total. The van der Waals surface area contributed by atoms with Gasteiger partial charge in [-0.15, -0.1) is 11.3 Å². The lowest BCUT2D eigenvalue weighted by molar-refractivity contribution is -0.121. The van der Waals surface area contributed by atoms with Gasteiger partial charge in [0.2, 0.25) is 5.91 Å². The van der Waals surface area contributed by atoms with Crippen LogP contribution in [0.15, 0.2) is 35.7 Å². The van der Waals surface area contributed by atoms with E-state index in [1.807, 2.05) is 23.6 Å². The molecule has 1 aromatic heterocycles. The average Bonchev–Trinajstić information content (AvgIpc) is 3.21. The molecule has 1 unspecified atom stereocenters. The highest BCUT2D eigenvalue weighted by Gasteiger charge is 2.33. The molecule has 5 heteroatoms. The SMILES string of the molecule is Nc1nc(CC(=O)NC(c2ccccc2)C2CC2)cs1. The molecule has 4 nitrogen and oxygen atoms in total. The predicted molar refractivity (Wildman–Crippen MR) is 80.3 cm³/mol. The van der Waals surface area contributed by atoms with Gasteiger partial charge in [-0.3, -0.25) is 4.79 Å². The van der Waals surface area contributed by atoms with Gasteiger partial charge < -0.3 is 11.1 Å². The van der Waals surface area contributed by atoms with Crippen molar-refractivity contribution in [2.75, 3.05) is 5.73 Å². The summed E-state index contributed by atoms with van der Waals surface area (Å²) in [5, 5.41) is 5.48. The number of hydrogen-bond donors (Lipinski definition) is 2. The molecule has 1 heterocycles. The Labute approximate surface area is 122 Å². The number of anilines is 1. The third kappa shape index (κ3) is 3.17. The van der Waals surface area contributed by atoms with E-state index in [1.165, 1.54) is 29.7 Å². The number of rotatable bonds is 5. The molecule has 104 valence electrons. The largest absolute Gasteiger partial charge is 0.375 e. The van der Waals surface area contributed by atoms with Crippen LogP contribution in [-0.4, -0.2) is 10.9 Å². The van der Waals surface area contributed by atoms with E-state index in [2.05, 4.69) is 22.4 Å². The lowest BCUT2D eigenvalue weighted by Gasteiger charge is -2.18. The molecule has 3 rings (SSSR count). The number of amides is 1. The van der Waals surface area contributed by atoms with Gasteiger partial charge in [-0.25, -0.2) is 4.98 Å². The fraction of sp³-hybridized carbons (Fsp3) is 0.333. The first-order valence-electron chi connectivity index (χ1n) is 6.76. The summed E-state index contributed by atoms with van der Waals surface area (Å²) >= 11 is 1.37. The van der Waals surface area contributed by atoms with Crippen LogP contribution in [0.3, 0.4) is 0 Å². The van der Waals surface area contributed by atoms with Gasteiger partial charge in [0, 0.05) is 5.38 Å². The molecule has 0 aliphatic heterocycles. The lowest BCUT2D eigenvalue weighted by atomic mass is 10.0. The molecule has 2 aromatic rings. The number of thiazole rings is 1. The third-order valence-corrected chi connectivity index (χ3v) is 4.20. The minimum Gasteiger partial charge on any atom is -0.375 e. The van der Waals surface area contributed by atoms with E-state index in [0.717, 1.165) is 5.69 Å². The molecular formula is C15H17N3OS. The van der Waals surface area contributed by atoms with E-state index in [4.69, 9.17) is 5.73 Å². The highest BCUT2D eigenvalue weighted by Crippen LogP contribution is 2.40. The fourth-order valence-corrected chi connectivity index (χ4v) is 2.92. The zero-order chi connectivity index (χ0) is 13.9. The predicted octanol–water partition coefficient (Wildman–Crippen LogP) is 2.54. The highest BCUT2D eigenvalue weighted by atomic mass is 32.1. The second-order valence-corrected chi connectivity index (χ2v) is 6.04. The Bertz CT molecular complexity index is 592. The van der Waals surface area contributed by atoms with Crippen LogP contribution in [-0.2, 0) is 11.2 Å². The quantitative estimate of drug-likeness (QED) is 0.888. The highest BCUT2D eigenvalue weighted by molar-refractivity contribution is 7.13. The van der Waals surface area contributed by atoms with Gasteiger partial charge in [0.15, 0.2) is 5.13 Å². The molecule has 0 radical (unpaired) electrons. The Hall–Kier alpha value is -1.88. The minimum absolute atomic E-state index is 0.0102. The van der Waals surface area contributed by atoms with Crippen LogP contribution in [0, 0.1) is 5.92 Å². The van der Waals surface area contributed by atoms with Crippen LogP contribution in [0.4, 0.5) is 5.13 Å². The van der Waals surface area contributed by atoms with Gasteiger partial charge >= 0.3 is 0 Å². The molecule has 1 atom stereocenters. The van der Waals surface area contributed by atoms with Crippen molar-refractivity contribution in [1.82, 2.24) is 10.3 Å². The summed E-state index contributed by atoms with van der Waals surface area (Å²) in [5.74, 6) is 0.581. The van der Waals surface area contributed by atoms with E-state index >= 15 is 0 Å². The molecule has 1 fully saturated rings. The second-order valence-electron chi connectivity index (χ2n) is 5.15. The molecule has 0 saturated heterocycles. The number of nitrogens with one attached hydrogen (secondary N) is 1. The molecule has 1 aromatic carbocycles. The van der Waals surface area contributed by atoms with E-state index in [1.54, 1.807) is 0 Å². The molecule has 0 spiro atoms. The summed E-state index contributed by atoms with van der Waals surface area (Å²) in [5.41, 5.74) is 7.51. The molecule has 1 aliphatic rings. The van der Waals surface area contributed by atoms with Crippen molar-refractivity contribution in [3.63, 3.8) is 0 Å². The Morgan fingerprint density at radius 3 is 2.75 bits per heavy atom. The summed E-state index contributed by atoms with van der Waals surface area (Å²) in [7, 11) is 0. The van der Waals surface area contributed by atoms with Crippen LogP contribution >= 0.6 is 11.3 Å². The standard InChI is InChI=1S/C15H17N3OS/c16-15-17-12(9-20-15)8-13(19)18-14(11-6-7-11)10-4-2-1-3-5-10/h1-5,9,11,14H,6-8H2,(H2,16,17)(H,18,19). The van der Waals surface area contributed by atoms with Crippen molar-refractivity contribution >= 4 is 22.4 Å². The summed E-state index contributed by atoms with van der Waals surface area (Å²) in [4.78, 5) is 16.3. The van der Waals surface area contributed by atoms with Crippen molar-refractivity contribution in [1.29, 1.82) is 0 Å². The zero-order valence-electron chi connectivity index (χ0n) is 11.1. The number of benzene rings is 1. The summed E-state index contributed by atoms with van der Waals surface area (Å²) in [6, 6.07) is 10.3. The first-order valence-corrected chi connectivity index (χ1v) is 7.64. The average molecular weight is 287 g/mol. The number of carbonyl (C=O) groups excluding carboxylic acids is 1.